The van der Waals surface area contributed by atoms with Crippen molar-refractivity contribution in [3.63, 3.8) is 0 Å². The smallest absolute Gasteiger partial charge is 0.326 e. The Hall–Kier alpha value is -3.41. The van der Waals surface area contributed by atoms with Gasteiger partial charge in [-0.2, -0.15) is 8.42 Å². The second-order valence-electron chi connectivity index (χ2n) is 7.71. The molecule has 0 saturated carbocycles. The van der Waals surface area contributed by atoms with E-state index in [1.54, 1.807) is 36.4 Å². The second kappa shape index (κ2) is 9.45. The van der Waals surface area contributed by atoms with Gasteiger partial charge in [-0.05, 0) is 47.7 Å². The van der Waals surface area contributed by atoms with E-state index in [0.29, 0.717) is 12.0 Å². The summed E-state index contributed by atoms with van der Waals surface area (Å²) in [6.45, 7) is -0.333. The maximum absolute atomic E-state index is 12.7. The lowest BCUT2D eigenvalue weighted by molar-refractivity contribution is -0.117. The molecule has 9 nitrogen and oxygen atoms in total. The molecule has 0 aromatic heterocycles. The van der Waals surface area contributed by atoms with Crippen molar-refractivity contribution in [3.8, 4) is 16.9 Å². The molecule has 4 rings (SSSR count). The summed E-state index contributed by atoms with van der Waals surface area (Å²) in [7, 11) is -7.82. The molecule has 3 aromatic carbocycles. The number of carbonyl (C=O) groups excluding carboxylic acids is 1. The average molecular weight is 502 g/mol. The molecule has 3 aromatic rings. The standard InChI is InChI=1S/C23H23N3O6S2/c27-21-10-4-8-19(23(21)26-16-22(28)25-34(26,31)32)9-5-15-24-33(29,30)20-13-11-18(12-14-20)17-6-2-1-3-7-17/h1-4,6-8,10-14,24,27H,5,9,15-16H2,(H,25,28). The van der Waals surface area contributed by atoms with Crippen LogP contribution < -0.4 is 13.7 Å². The van der Waals surface area contributed by atoms with Gasteiger partial charge in [0.25, 0.3) is 5.91 Å². The summed E-state index contributed by atoms with van der Waals surface area (Å²) in [4.78, 5) is 11.7. The van der Waals surface area contributed by atoms with Gasteiger partial charge in [-0.3, -0.25) is 4.79 Å². The van der Waals surface area contributed by atoms with Gasteiger partial charge in [0, 0.05) is 6.54 Å². The maximum Gasteiger partial charge on any atom is 0.326 e. The SMILES string of the molecule is O=C1CN(c2c(O)cccc2CCCNS(=O)(=O)c2ccc(-c3ccccc3)cc2)S(=O)(=O)N1. The first-order valence-corrected chi connectivity index (χ1v) is 13.4. The van der Waals surface area contributed by atoms with Crippen LogP contribution in [0.5, 0.6) is 5.75 Å². The number of hydrogen-bond donors (Lipinski definition) is 3. The summed E-state index contributed by atoms with van der Waals surface area (Å²) in [6, 6.07) is 20.7. The Morgan fingerprint density at radius 2 is 1.62 bits per heavy atom. The summed E-state index contributed by atoms with van der Waals surface area (Å²) >= 11 is 0. The minimum absolute atomic E-state index is 0.0141. The van der Waals surface area contributed by atoms with Crippen molar-refractivity contribution < 1.29 is 26.7 Å². The van der Waals surface area contributed by atoms with Crippen molar-refractivity contribution in [3.05, 3.63) is 78.4 Å². The molecule has 0 spiro atoms. The molecular formula is C23H23N3O6S2. The maximum atomic E-state index is 12.7. The minimum atomic E-state index is -4.09. The first-order chi connectivity index (χ1) is 16.2. The van der Waals surface area contributed by atoms with Crippen molar-refractivity contribution in [2.75, 3.05) is 17.4 Å². The van der Waals surface area contributed by atoms with Gasteiger partial charge in [0.15, 0.2) is 0 Å². The minimum Gasteiger partial charge on any atom is -0.506 e. The number of anilines is 1. The summed E-state index contributed by atoms with van der Waals surface area (Å²) in [5.41, 5.74) is 2.38. The zero-order chi connectivity index (χ0) is 24.3. The molecular weight excluding hydrogens is 478 g/mol. The number of nitrogens with zero attached hydrogens (tertiary/aromatic N) is 1. The predicted octanol–water partition coefficient (Wildman–Crippen LogP) is 2.15. The Labute approximate surface area is 198 Å². The van der Waals surface area contributed by atoms with Gasteiger partial charge in [0.1, 0.15) is 12.3 Å². The highest BCUT2D eigenvalue weighted by Gasteiger charge is 2.36. The molecule has 0 bridgehead atoms. The third-order valence-electron chi connectivity index (χ3n) is 5.35. The number of hydrogen-bond acceptors (Lipinski definition) is 6. The molecule has 0 unspecified atom stereocenters. The molecule has 1 saturated heterocycles. The number of para-hydroxylation sites is 1. The van der Waals surface area contributed by atoms with E-state index >= 15 is 0 Å². The number of phenols is 1. The third kappa shape index (κ3) is 5.06. The highest BCUT2D eigenvalue weighted by Crippen LogP contribution is 2.34. The second-order valence-corrected chi connectivity index (χ2v) is 11.1. The Kier molecular flexibility index (Phi) is 6.60. The molecule has 0 aliphatic carbocycles. The highest BCUT2D eigenvalue weighted by molar-refractivity contribution is 7.92. The van der Waals surface area contributed by atoms with E-state index in [1.807, 2.05) is 35.1 Å². The molecule has 3 N–H and O–H groups in total. The normalized spacial score (nSPS) is 15.3. The Morgan fingerprint density at radius 1 is 0.941 bits per heavy atom. The lowest BCUT2D eigenvalue weighted by atomic mass is 10.1. The molecule has 0 radical (unpaired) electrons. The molecule has 1 fully saturated rings. The number of rotatable bonds is 8. The fourth-order valence-corrected chi connectivity index (χ4v) is 6.01. The molecule has 1 aliphatic heterocycles. The molecule has 0 atom stereocenters. The zero-order valence-electron chi connectivity index (χ0n) is 18.0. The van der Waals surface area contributed by atoms with E-state index in [1.165, 1.54) is 6.07 Å². The lowest BCUT2D eigenvalue weighted by Gasteiger charge is -2.20. The van der Waals surface area contributed by atoms with E-state index in [-0.39, 0.29) is 29.3 Å². The van der Waals surface area contributed by atoms with Crippen molar-refractivity contribution in [2.45, 2.75) is 17.7 Å². The molecule has 1 aliphatic rings. The zero-order valence-corrected chi connectivity index (χ0v) is 19.6. The van der Waals surface area contributed by atoms with Crippen molar-refractivity contribution in [1.29, 1.82) is 0 Å². The first-order valence-electron chi connectivity index (χ1n) is 10.5. The van der Waals surface area contributed by atoms with Gasteiger partial charge in [-0.25, -0.2) is 22.2 Å². The number of sulfonamides is 1. The number of nitrogens with one attached hydrogen (secondary N) is 2. The third-order valence-corrected chi connectivity index (χ3v) is 8.21. The van der Waals surface area contributed by atoms with Crippen LogP contribution in [0.25, 0.3) is 11.1 Å². The van der Waals surface area contributed by atoms with E-state index in [2.05, 4.69) is 4.72 Å². The van der Waals surface area contributed by atoms with Crippen LogP contribution in [0, 0.1) is 0 Å². The van der Waals surface area contributed by atoms with Crippen LogP contribution in [0.2, 0.25) is 0 Å². The Bertz CT molecular complexity index is 1410. The van der Waals surface area contributed by atoms with Crippen LogP contribution in [0.3, 0.4) is 0 Å². The molecule has 34 heavy (non-hydrogen) atoms. The molecule has 178 valence electrons. The first kappa shape index (κ1) is 23.7. The van der Waals surface area contributed by atoms with E-state index < -0.39 is 32.7 Å². The van der Waals surface area contributed by atoms with Gasteiger partial charge < -0.3 is 5.11 Å². The number of aromatic hydroxyl groups is 1. The summed E-state index contributed by atoms with van der Waals surface area (Å²) < 4.78 is 55.0. The Balaban J connectivity index is 1.41. The lowest BCUT2D eigenvalue weighted by Crippen LogP contribution is -2.30. The number of phenolic OH excluding ortho intramolecular Hbond substituents is 1. The highest BCUT2D eigenvalue weighted by atomic mass is 32.2. The number of benzene rings is 3. The van der Waals surface area contributed by atoms with E-state index in [4.69, 9.17) is 0 Å². The van der Waals surface area contributed by atoms with Crippen LogP contribution in [-0.2, 0) is 31.4 Å². The van der Waals surface area contributed by atoms with Crippen LogP contribution >= 0.6 is 0 Å². The summed E-state index contributed by atoms with van der Waals surface area (Å²) in [5.74, 6) is -0.975. The van der Waals surface area contributed by atoms with Gasteiger partial charge in [0.05, 0.1) is 10.6 Å². The van der Waals surface area contributed by atoms with Gasteiger partial charge in [-0.15, -0.1) is 0 Å². The van der Waals surface area contributed by atoms with Crippen LogP contribution in [0.4, 0.5) is 5.69 Å². The average Bonchev–Trinajstić information content (AvgIpc) is 3.09. The van der Waals surface area contributed by atoms with Gasteiger partial charge >= 0.3 is 10.2 Å². The van der Waals surface area contributed by atoms with Gasteiger partial charge in [0.2, 0.25) is 10.0 Å². The molecule has 1 amide bonds. The van der Waals surface area contributed by atoms with Crippen molar-refractivity contribution in [2.24, 2.45) is 0 Å². The van der Waals surface area contributed by atoms with Crippen molar-refractivity contribution >= 4 is 31.8 Å². The quantitative estimate of drug-likeness (QED) is 0.405. The molecule has 1 heterocycles. The summed E-state index contributed by atoms with van der Waals surface area (Å²) in [6.07, 6.45) is 0.618. The number of amides is 1. The topological polar surface area (TPSA) is 133 Å². The predicted molar refractivity (Wildman–Crippen MR) is 128 cm³/mol. The van der Waals surface area contributed by atoms with E-state index in [0.717, 1.165) is 15.4 Å². The number of aryl methyl sites for hydroxylation is 1. The van der Waals surface area contributed by atoms with Crippen LogP contribution in [-0.4, -0.2) is 40.9 Å². The van der Waals surface area contributed by atoms with Crippen molar-refractivity contribution in [1.82, 2.24) is 9.44 Å². The van der Waals surface area contributed by atoms with E-state index in [9.17, 15) is 26.7 Å². The number of carbonyl (C=O) groups is 1. The fourth-order valence-electron chi connectivity index (χ4n) is 3.74. The van der Waals surface area contributed by atoms with Gasteiger partial charge in [-0.1, -0.05) is 54.6 Å². The fraction of sp³-hybridized carbons (Fsp3) is 0.174. The van der Waals surface area contributed by atoms with Crippen LogP contribution in [0.1, 0.15) is 12.0 Å². The molecule has 11 heteroatoms. The largest absolute Gasteiger partial charge is 0.506 e. The summed E-state index contributed by atoms with van der Waals surface area (Å²) in [5, 5.41) is 10.3. The van der Waals surface area contributed by atoms with Crippen LogP contribution in [0.15, 0.2) is 77.7 Å². The Morgan fingerprint density at radius 3 is 2.26 bits per heavy atom. The monoisotopic (exact) mass is 501 g/mol.